The van der Waals surface area contributed by atoms with Gasteiger partial charge in [-0.25, -0.2) is 0 Å². The first kappa shape index (κ1) is 21.3. The van der Waals surface area contributed by atoms with Gasteiger partial charge in [0, 0.05) is 55.3 Å². The van der Waals surface area contributed by atoms with Gasteiger partial charge in [-0.1, -0.05) is 13.0 Å². The summed E-state index contributed by atoms with van der Waals surface area (Å²) in [5, 5.41) is 0. The second-order valence-corrected chi connectivity index (χ2v) is 9.81. The lowest BCUT2D eigenvalue weighted by molar-refractivity contribution is -0.144. The van der Waals surface area contributed by atoms with E-state index in [0.717, 1.165) is 62.5 Å². The summed E-state index contributed by atoms with van der Waals surface area (Å²) in [6.07, 6.45) is 5.38. The maximum atomic E-state index is 12.9. The van der Waals surface area contributed by atoms with Crippen LogP contribution < -0.4 is 9.64 Å². The predicted octanol–water partition coefficient (Wildman–Crippen LogP) is 3.23. The SMILES string of the molecule is COc1ccc(N2CCN(C[C@@H]3C(=O)O[C@H]4C5=C(C)C(=O)C=C[C@]5(C)CC[C@@H]34)CC2)cc1. The summed E-state index contributed by atoms with van der Waals surface area (Å²) in [6.45, 7) is 8.52. The van der Waals surface area contributed by atoms with Crippen molar-refractivity contribution in [2.75, 3.05) is 44.7 Å². The molecule has 0 aromatic heterocycles. The molecule has 4 atom stereocenters. The standard InChI is InChI=1S/C26H32N2O4/c1-17-22(29)9-11-26(2)10-8-20-21(25(30)32-24(20)23(17)26)16-27-12-14-28(15-13-27)18-4-6-19(31-3)7-5-18/h4-7,9,11,20-21,24H,8,10,12-16H2,1-3H3/t20-,21-,24+,26-/m0/s1. The van der Waals surface area contributed by atoms with E-state index in [1.807, 2.05) is 25.1 Å². The number of allylic oxidation sites excluding steroid dienone is 3. The molecule has 4 aliphatic rings. The third kappa shape index (κ3) is 3.54. The summed E-state index contributed by atoms with van der Waals surface area (Å²) in [5.41, 5.74) is 2.85. The van der Waals surface area contributed by atoms with Crippen molar-refractivity contribution >= 4 is 17.4 Å². The van der Waals surface area contributed by atoms with Crippen LogP contribution in [0.1, 0.15) is 26.7 Å². The van der Waals surface area contributed by atoms with Crippen molar-refractivity contribution in [3.63, 3.8) is 0 Å². The van der Waals surface area contributed by atoms with E-state index in [2.05, 4.69) is 28.9 Å². The largest absolute Gasteiger partial charge is 0.497 e. The van der Waals surface area contributed by atoms with Crippen molar-refractivity contribution in [2.24, 2.45) is 17.3 Å². The Kier molecular flexibility index (Phi) is 5.36. The second kappa shape index (κ2) is 8.07. The molecule has 0 unspecified atom stereocenters. The lowest BCUT2D eigenvalue weighted by Crippen LogP contribution is -2.49. The fourth-order valence-corrected chi connectivity index (χ4v) is 6.04. The van der Waals surface area contributed by atoms with Crippen molar-refractivity contribution in [3.8, 4) is 5.75 Å². The first-order valence-electron chi connectivity index (χ1n) is 11.7. The Morgan fingerprint density at radius 1 is 1.12 bits per heavy atom. The van der Waals surface area contributed by atoms with Gasteiger partial charge in [0.25, 0.3) is 0 Å². The highest BCUT2D eigenvalue weighted by atomic mass is 16.6. The number of carbonyl (C=O) groups excluding carboxylic acids is 2. The molecule has 0 N–H and O–H groups in total. The third-order valence-corrected chi connectivity index (χ3v) is 7.99. The van der Waals surface area contributed by atoms with Gasteiger partial charge in [0.2, 0.25) is 0 Å². The molecule has 2 heterocycles. The van der Waals surface area contributed by atoms with E-state index in [9.17, 15) is 9.59 Å². The zero-order chi connectivity index (χ0) is 22.5. The highest BCUT2D eigenvalue weighted by Gasteiger charge is 2.54. The van der Waals surface area contributed by atoms with Gasteiger partial charge in [-0.15, -0.1) is 0 Å². The van der Waals surface area contributed by atoms with Gasteiger partial charge in [0.15, 0.2) is 5.78 Å². The van der Waals surface area contributed by atoms with Crippen LogP contribution in [0.25, 0.3) is 0 Å². The van der Waals surface area contributed by atoms with E-state index in [4.69, 9.17) is 9.47 Å². The summed E-state index contributed by atoms with van der Waals surface area (Å²) in [4.78, 5) is 30.0. The zero-order valence-corrected chi connectivity index (χ0v) is 19.2. The van der Waals surface area contributed by atoms with Crippen LogP contribution in [0.4, 0.5) is 5.69 Å². The number of carbonyl (C=O) groups is 2. The molecule has 0 bridgehead atoms. The number of methoxy groups -OCH3 is 1. The molecule has 170 valence electrons. The Morgan fingerprint density at radius 3 is 2.53 bits per heavy atom. The molecule has 0 radical (unpaired) electrons. The van der Waals surface area contributed by atoms with Gasteiger partial charge in [-0.3, -0.25) is 14.5 Å². The molecule has 1 saturated carbocycles. The number of fused-ring (bicyclic) bond motifs is 3. The number of hydrogen-bond donors (Lipinski definition) is 0. The van der Waals surface area contributed by atoms with Crippen molar-refractivity contribution in [1.82, 2.24) is 4.90 Å². The van der Waals surface area contributed by atoms with Gasteiger partial charge in [0.1, 0.15) is 11.9 Å². The lowest BCUT2D eigenvalue weighted by Gasteiger charge is -2.43. The highest BCUT2D eigenvalue weighted by molar-refractivity contribution is 6.05. The Labute approximate surface area is 189 Å². The minimum Gasteiger partial charge on any atom is -0.497 e. The van der Waals surface area contributed by atoms with E-state index >= 15 is 0 Å². The summed E-state index contributed by atoms with van der Waals surface area (Å²) in [7, 11) is 1.68. The van der Waals surface area contributed by atoms with E-state index in [-0.39, 0.29) is 35.1 Å². The smallest absolute Gasteiger partial charge is 0.311 e. The highest BCUT2D eigenvalue weighted by Crippen LogP contribution is 2.53. The van der Waals surface area contributed by atoms with Crippen LogP contribution in [-0.4, -0.2) is 62.6 Å². The van der Waals surface area contributed by atoms with Crippen LogP contribution in [-0.2, 0) is 14.3 Å². The molecular weight excluding hydrogens is 404 g/mol. The van der Waals surface area contributed by atoms with Crippen molar-refractivity contribution in [2.45, 2.75) is 32.8 Å². The van der Waals surface area contributed by atoms with Crippen LogP contribution in [0.3, 0.4) is 0 Å². The molecule has 6 heteroatoms. The maximum absolute atomic E-state index is 12.9. The van der Waals surface area contributed by atoms with Crippen molar-refractivity contribution < 1.29 is 19.1 Å². The Bertz CT molecular complexity index is 974. The summed E-state index contributed by atoms with van der Waals surface area (Å²) >= 11 is 0. The fourth-order valence-electron chi connectivity index (χ4n) is 6.04. The molecule has 6 nitrogen and oxygen atoms in total. The topological polar surface area (TPSA) is 59.1 Å². The van der Waals surface area contributed by atoms with E-state index in [0.29, 0.717) is 0 Å². The normalized spacial score (nSPS) is 32.6. The molecule has 5 rings (SSSR count). The molecule has 1 aromatic carbocycles. The number of piperazine rings is 1. The minimum atomic E-state index is -0.249. The maximum Gasteiger partial charge on any atom is 0.311 e. The van der Waals surface area contributed by atoms with E-state index < -0.39 is 0 Å². The average Bonchev–Trinajstić information content (AvgIpc) is 3.11. The van der Waals surface area contributed by atoms with Crippen LogP contribution >= 0.6 is 0 Å². The first-order chi connectivity index (χ1) is 15.4. The number of esters is 1. The molecule has 1 aromatic rings. The van der Waals surface area contributed by atoms with Crippen LogP contribution in [0.15, 0.2) is 47.6 Å². The number of ketones is 1. The molecule has 0 amide bonds. The second-order valence-electron chi connectivity index (χ2n) is 9.81. The van der Waals surface area contributed by atoms with Gasteiger partial charge in [-0.2, -0.15) is 0 Å². The van der Waals surface area contributed by atoms with Gasteiger partial charge < -0.3 is 14.4 Å². The summed E-state index contributed by atoms with van der Waals surface area (Å²) < 4.78 is 11.2. The Balaban J connectivity index is 1.25. The zero-order valence-electron chi connectivity index (χ0n) is 19.2. The van der Waals surface area contributed by atoms with Gasteiger partial charge >= 0.3 is 5.97 Å². The van der Waals surface area contributed by atoms with Crippen molar-refractivity contribution in [3.05, 3.63) is 47.6 Å². The molecule has 32 heavy (non-hydrogen) atoms. The molecule has 2 saturated heterocycles. The monoisotopic (exact) mass is 436 g/mol. The Morgan fingerprint density at radius 2 is 1.84 bits per heavy atom. The first-order valence-corrected chi connectivity index (χ1v) is 11.7. The van der Waals surface area contributed by atoms with E-state index in [1.54, 1.807) is 13.2 Å². The summed E-state index contributed by atoms with van der Waals surface area (Å²) in [6, 6.07) is 8.19. The van der Waals surface area contributed by atoms with Crippen LogP contribution in [0.5, 0.6) is 5.75 Å². The predicted molar refractivity (Wildman–Crippen MR) is 123 cm³/mol. The molecular formula is C26H32N2O4. The number of rotatable bonds is 4. The third-order valence-electron chi connectivity index (χ3n) is 7.99. The quantitative estimate of drug-likeness (QED) is 0.676. The lowest BCUT2D eigenvalue weighted by atomic mass is 9.61. The number of ether oxygens (including phenoxy) is 2. The number of nitrogens with zero attached hydrogens (tertiary/aromatic N) is 2. The molecule has 0 spiro atoms. The van der Waals surface area contributed by atoms with Crippen LogP contribution in [0.2, 0.25) is 0 Å². The number of hydrogen-bond acceptors (Lipinski definition) is 6. The van der Waals surface area contributed by atoms with Crippen molar-refractivity contribution in [1.29, 1.82) is 0 Å². The number of anilines is 1. The molecule has 2 aliphatic carbocycles. The molecule has 3 fully saturated rings. The van der Waals surface area contributed by atoms with Gasteiger partial charge in [-0.05, 0) is 55.7 Å². The van der Waals surface area contributed by atoms with Gasteiger partial charge in [0.05, 0.1) is 13.0 Å². The Hall–Kier alpha value is -2.60. The summed E-state index contributed by atoms with van der Waals surface area (Å²) in [5.74, 6) is 0.875. The molecule has 2 aliphatic heterocycles. The number of benzene rings is 1. The fraction of sp³-hybridized carbons (Fsp3) is 0.538. The average molecular weight is 437 g/mol. The van der Waals surface area contributed by atoms with Crippen LogP contribution in [0, 0.1) is 17.3 Å². The van der Waals surface area contributed by atoms with E-state index in [1.165, 1.54) is 5.69 Å². The minimum absolute atomic E-state index is 0.0484.